The van der Waals surface area contributed by atoms with Gasteiger partial charge in [0.05, 0.1) is 11.5 Å². The van der Waals surface area contributed by atoms with Gasteiger partial charge in [-0.15, -0.1) is 11.3 Å². The molecule has 5 nitrogen and oxygen atoms in total. The minimum absolute atomic E-state index is 0.239. The summed E-state index contributed by atoms with van der Waals surface area (Å²) in [4.78, 5) is 12.8. The molecule has 6 heteroatoms. The first kappa shape index (κ1) is 14.5. The first-order valence-corrected chi connectivity index (χ1v) is 8.51. The van der Waals surface area contributed by atoms with Crippen LogP contribution in [0.4, 0.5) is 11.8 Å². The van der Waals surface area contributed by atoms with Crippen molar-refractivity contribution in [2.75, 3.05) is 36.5 Å². The van der Waals surface area contributed by atoms with Crippen molar-refractivity contribution in [1.29, 1.82) is 0 Å². The Labute approximate surface area is 129 Å². The fourth-order valence-corrected chi connectivity index (χ4v) is 3.34. The van der Waals surface area contributed by atoms with E-state index in [4.69, 9.17) is 9.72 Å². The van der Waals surface area contributed by atoms with E-state index in [0.717, 1.165) is 61.1 Å². The second kappa shape index (κ2) is 6.58. The second-order valence-electron chi connectivity index (χ2n) is 5.42. The Morgan fingerprint density at radius 3 is 3.24 bits per heavy atom. The fraction of sp³-hybridized carbons (Fsp3) is 0.600. The number of aromatic nitrogens is 2. The highest BCUT2D eigenvalue weighted by atomic mass is 32.1. The van der Waals surface area contributed by atoms with Crippen LogP contribution >= 0.6 is 11.3 Å². The van der Waals surface area contributed by atoms with Crippen LogP contribution in [0.2, 0.25) is 0 Å². The van der Waals surface area contributed by atoms with Crippen LogP contribution in [0.5, 0.6) is 0 Å². The smallest absolute Gasteiger partial charge is 0.226 e. The Balaban J connectivity index is 1.96. The van der Waals surface area contributed by atoms with E-state index in [1.165, 1.54) is 0 Å². The van der Waals surface area contributed by atoms with Crippen molar-refractivity contribution in [2.24, 2.45) is 0 Å². The first-order valence-electron chi connectivity index (χ1n) is 7.63. The minimum atomic E-state index is 0.239. The van der Waals surface area contributed by atoms with Crippen LogP contribution in [0.1, 0.15) is 26.7 Å². The van der Waals surface area contributed by atoms with Gasteiger partial charge in [0.2, 0.25) is 5.95 Å². The lowest BCUT2D eigenvalue weighted by atomic mass is 10.3. The molecule has 0 amide bonds. The number of anilines is 2. The third kappa shape index (κ3) is 3.27. The van der Waals surface area contributed by atoms with Crippen molar-refractivity contribution >= 4 is 33.3 Å². The number of hydrogen-bond donors (Lipinski definition) is 1. The molecule has 1 aliphatic rings. The van der Waals surface area contributed by atoms with E-state index >= 15 is 0 Å². The van der Waals surface area contributed by atoms with Gasteiger partial charge in [0, 0.05) is 26.2 Å². The van der Waals surface area contributed by atoms with Crippen molar-refractivity contribution < 1.29 is 4.74 Å². The lowest BCUT2D eigenvalue weighted by Gasteiger charge is -2.24. The summed E-state index contributed by atoms with van der Waals surface area (Å²) in [6.45, 7) is 7.87. The molecule has 1 atom stereocenters. The van der Waals surface area contributed by atoms with E-state index in [1.54, 1.807) is 11.3 Å². The molecule has 114 valence electrons. The van der Waals surface area contributed by atoms with Crippen molar-refractivity contribution in [2.45, 2.75) is 32.8 Å². The number of hydrogen-bond acceptors (Lipinski definition) is 6. The van der Waals surface area contributed by atoms with Crippen molar-refractivity contribution in [3.8, 4) is 0 Å². The highest BCUT2D eigenvalue weighted by molar-refractivity contribution is 7.16. The van der Waals surface area contributed by atoms with Crippen LogP contribution in [0.3, 0.4) is 0 Å². The number of fused-ring (bicyclic) bond motifs is 1. The quantitative estimate of drug-likeness (QED) is 0.940. The predicted molar refractivity (Wildman–Crippen MR) is 88.4 cm³/mol. The highest BCUT2D eigenvalue weighted by Crippen LogP contribution is 2.30. The summed E-state index contributed by atoms with van der Waals surface area (Å²) in [5, 5.41) is 6.55. The summed E-state index contributed by atoms with van der Waals surface area (Å²) in [5.41, 5.74) is 0. The summed E-state index contributed by atoms with van der Waals surface area (Å²) < 4.78 is 5.75. The summed E-state index contributed by atoms with van der Waals surface area (Å²) in [5.74, 6) is 1.77. The average molecular weight is 306 g/mol. The predicted octanol–water partition coefficient (Wildman–Crippen LogP) is 3.13. The first-order chi connectivity index (χ1) is 10.3. The SMILES string of the molecule is CCCNc1nc(N2CCCOC(C)C2)c2ccsc2n1. The van der Waals surface area contributed by atoms with Gasteiger partial charge in [-0.25, -0.2) is 4.98 Å². The number of ether oxygens (including phenoxy) is 1. The Kier molecular flexibility index (Phi) is 4.55. The maximum atomic E-state index is 5.75. The van der Waals surface area contributed by atoms with Crippen LogP contribution in [-0.2, 0) is 4.74 Å². The van der Waals surface area contributed by atoms with Gasteiger partial charge in [-0.2, -0.15) is 4.98 Å². The fourth-order valence-electron chi connectivity index (χ4n) is 2.58. The van der Waals surface area contributed by atoms with E-state index in [0.29, 0.717) is 0 Å². The molecule has 1 aliphatic heterocycles. The number of thiophene rings is 1. The van der Waals surface area contributed by atoms with Crippen LogP contribution in [0, 0.1) is 0 Å². The van der Waals surface area contributed by atoms with Gasteiger partial charge in [-0.1, -0.05) is 6.92 Å². The van der Waals surface area contributed by atoms with E-state index in [1.807, 2.05) is 0 Å². The molecule has 1 unspecified atom stereocenters. The van der Waals surface area contributed by atoms with Gasteiger partial charge in [0.1, 0.15) is 10.6 Å². The Hall–Kier alpha value is -1.40. The standard InChI is InChI=1S/C15H22N4OS/c1-3-6-16-15-17-13(12-5-9-21-14(12)18-15)19-7-4-8-20-11(2)10-19/h5,9,11H,3-4,6-8,10H2,1-2H3,(H,16,17,18). The van der Waals surface area contributed by atoms with Gasteiger partial charge >= 0.3 is 0 Å². The van der Waals surface area contributed by atoms with E-state index in [9.17, 15) is 0 Å². The van der Waals surface area contributed by atoms with Crippen molar-refractivity contribution in [3.05, 3.63) is 11.4 Å². The van der Waals surface area contributed by atoms with E-state index < -0.39 is 0 Å². The Morgan fingerprint density at radius 2 is 2.38 bits per heavy atom. The maximum Gasteiger partial charge on any atom is 0.226 e. The Morgan fingerprint density at radius 1 is 1.48 bits per heavy atom. The molecule has 1 saturated heterocycles. The minimum Gasteiger partial charge on any atom is -0.377 e. The normalized spacial score (nSPS) is 19.7. The molecule has 0 aliphatic carbocycles. The second-order valence-corrected chi connectivity index (χ2v) is 6.31. The molecule has 0 aromatic carbocycles. The summed E-state index contributed by atoms with van der Waals surface area (Å²) in [7, 11) is 0. The van der Waals surface area contributed by atoms with Gasteiger partial charge in [-0.3, -0.25) is 0 Å². The van der Waals surface area contributed by atoms with Crippen LogP contribution < -0.4 is 10.2 Å². The molecule has 2 aromatic rings. The molecule has 3 heterocycles. The molecule has 0 saturated carbocycles. The lowest BCUT2D eigenvalue weighted by Crippen LogP contribution is -2.31. The van der Waals surface area contributed by atoms with Gasteiger partial charge in [0.15, 0.2) is 0 Å². The Bertz CT molecular complexity index is 600. The van der Waals surface area contributed by atoms with E-state index in [-0.39, 0.29) is 6.10 Å². The van der Waals surface area contributed by atoms with Crippen LogP contribution in [0.25, 0.3) is 10.2 Å². The summed E-state index contributed by atoms with van der Waals surface area (Å²) in [6.07, 6.45) is 2.34. The molecule has 3 rings (SSSR count). The third-order valence-corrected chi connectivity index (χ3v) is 4.40. The molecule has 0 bridgehead atoms. The maximum absolute atomic E-state index is 5.75. The molecule has 1 N–H and O–H groups in total. The number of nitrogens with zero attached hydrogens (tertiary/aromatic N) is 3. The molecule has 0 spiro atoms. The topological polar surface area (TPSA) is 50.3 Å². The van der Waals surface area contributed by atoms with Gasteiger partial charge in [-0.05, 0) is 31.2 Å². The van der Waals surface area contributed by atoms with Crippen molar-refractivity contribution in [3.63, 3.8) is 0 Å². The monoisotopic (exact) mass is 306 g/mol. The molecule has 21 heavy (non-hydrogen) atoms. The average Bonchev–Trinajstić information content (AvgIpc) is 2.85. The largest absolute Gasteiger partial charge is 0.377 e. The zero-order chi connectivity index (χ0) is 14.7. The summed E-state index contributed by atoms with van der Waals surface area (Å²) >= 11 is 1.67. The zero-order valence-electron chi connectivity index (χ0n) is 12.6. The summed E-state index contributed by atoms with van der Waals surface area (Å²) in [6, 6.07) is 2.12. The lowest BCUT2D eigenvalue weighted by molar-refractivity contribution is 0.0820. The number of nitrogens with one attached hydrogen (secondary N) is 1. The molecular weight excluding hydrogens is 284 g/mol. The van der Waals surface area contributed by atoms with Crippen LogP contribution in [-0.4, -0.2) is 42.3 Å². The van der Waals surface area contributed by atoms with Crippen molar-refractivity contribution in [1.82, 2.24) is 9.97 Å². The number of rotatable bonds is 4. The van der Waals surface area contributed by atoms with Crippen LogP contribution in [0.15, 0.2) is 11.4 Å². The third-order valence-electron chi connectivity index (χ3n) is 3.59. The molecular formula is C15H22N4OS. The molecule has 0 radical (unpaired) electrons. The van der Waals surface area contributed by atoms with Gasteiger partial charge < -0.3 is 15.0 Å². The zero-order valence-corrected chi connectivity index (χ0v) is 13.4. The molecule has 1 fully saturated rings. The van der Waals surface area contributed by atoms with E-state index in [2.05, 4.69) is 40.5 Å². The van der Waals surface area contributed by atoms with Gasteiger partial charge in [0.25, 0.3) is 0 Å². The molecule has 2 aromatic heterocycles. The highest BCUT2D eigenvalue weighted by Gasteiger charge is 2.20.